The molecule has 0 unspecified atom stereocenters. The zero-order valence-corrected chi connectivity index (χ0v) is 17.7. The Bertz CT molecular complexity index is 730. The average Bonchev–Trinajstić information content (AvgIpc) is 2.69. The minimum absolute atomic E-state index is 0.0242. The van der Waals surface area contributed by atoms with E-state index in [1.165, 1.54) is 0 Å². The Morgan fingerprint density at radius 3 is 2.40 bits per heavy atom. The largest absolute Gasteiger partial charge is 0.481 e. The SMILES string of the molecule is CC(C)(CCC(=O)N[C@@H](Cc1ccccc1)C(=O)NCCCCN=C(N)N)C(=O)O. The molecule has 9 heteroatoms. The third-order valence-electron chi connectivity index (χ3n) is 4.67. The summed E-state index contributed by atoms with van der Waals surface area (Å²) < 4.78 is 0. The van der Waals surface area contributed by atoms with Crippen molar-refractivity contribution in [1.29, 1.82) is 0 Å². The molecule has 1 rings (SSSR count). The van der Waals surface area contributed by atoms with E-state index in [1.807, 2.05) is 30.3 Å². The zero-order valence-electron chi connectivity index (χ0n) is 17.7. The first-order valence-electron chi connectivity index (χ1n) is 10.0. The molecule has 30 heavy (non-hydrogen) atoms. The fourth-order valence-corrected chi connectivity index (χ4v) is 2.64. The minimum atomic E-state index is -1.01. The van der Waals surface area contributed by atoms with Gasteiger partial charge in [0.15, 0.2) is 5.96 Å². The number of aliphatic carboxylic acids is 1. The van der Waals surface area contributed by atoms with Crippen LogP contribution in [0.1, 0.15) is 45.1 Å². The van der Waals surface area contributed by atoms with Gasteiger partial charge in [-0.25, -0.2) is 0 Å². The van der Waals surface area contributed by atoms with E-state index in [-0.39, 0.29) is 30.6 Å². The van der Waals surface area contributed by atoms with Gasteiger partial charge in [0.2, 0.25) is 11.8 Å². The molecule has 1 atom stereocenters. The molecule has 7 N–H and O–H groups in total. The van der Waals surface area contributed by atoms with E-state index in [0.717, 1.165) is 12.0 Å². The summed E-state index contributed by atoms with van der Waals surface area (Å²) in [7, 11) is 0. The molecular weight excluding hydrogens is 386 g/mol. The summed E-state index contributed by atoms with van der Waals surface area (Å²) >= 11 is 0. The number of benzene rings is 1. The Kier molecular flexibility index (Phi) is 10.4. The van der Waals surface area contributed by atoms with Crippen LogP contribution in [0, 0.1) is 5.41 Å². The lowest BCUT2D eigenvalue weighted by Gasteiger charge is -2.21. The number of carboxylic acid groups (broad SMARTS) is 1. The Morgan fingerprint density at radius 1 is 1.13 bits per heavy atom. The first-order valence-corrected chi connectivity index (χ1v) is 10.0. The number of unbranched alkanes of at least 4 members (excludes halogenated alkanes) is 1. The topological polar surface area (TPSA) is 160 Å². The Hall–Kier alpha value is -3.10. The second-order valence-electron chi connectivity index (χ2n) is 7.80. The standard InChI is InChI=1S/C21H33N5O4/c1-21(2,19(29)30)11-10-17(27)26-16(14-15-8-4-3-5-9-15)18(28)24-12-6-7-13-25-20(22)23/h3-5,8-9,16H,6-7,10-14H2,1-2H3,(H,24,28)(H,26,27)(H,29,30)(H4,22,23,25)/t16-/m0/s1. The lowest BCUT2D eigenvalue weighted by atomic mass is 9.88. The van der Waals surface area contributed by atoms with Crippen molar-refractivity contribution in [2.24, 2.45) is 21.9 Å². The molecule has 0 saturated heterocycles. The lowest BCUT2D eigenvalue weighted by molar-refractivity contribution is -0.147. The summed E-state index contributed by atoms with van der Waals surface area (Å²) in [5.41, 5.74) is 10.4. The number of nitrogens with zero attached hydrogens (tertiary/aromatic N) is 1. The van der Waals surface area contributed by atoms with E-state index in [1.54, 1.807) is 13.8 Å². The molecule has 0 fully saturated rings. The third-order valence-corrected chi connectivity index (χ3v) is 4.67. The molecule has 0 aliphatic rings. The van der Waals surface area contributed by atoms with E-state index in [9.17, 15) is 19.5 Å². The van der Waals surface area contributed by atoms with Crippen LogP contribution in [0.25, 0.3) is 0 Å². The van der Waals surface area contributed by atoms with Crippen LogP contribution < -0.4 is 22.1 Å². The summed E-state index contributed by atoms with van der Waals surface area (Å²) in [6.45, 7) is 4.06. The molecule has 9 nitrogen and oxygen atoms in total. The summed E-state index contributed by atoms with van der Waals surface area (Å²) in [5.74, 6) is -1.56. The molecule has 0 aliphatic heterocycles. The van der Waals surface area contributed by atoms with Crippen LogP contribution in [0.2, 0.25) is 0 Å². The summed E-state index contributed by atoms with van der Waals surface area (Å²) in [6.07, 6.45) is 1.96. The number of guanidine groups is 1. The van der Waals surface area contributed by atoms with Crippen LogP contribution in [0.4, 0.5) is 0 Å². The number of carbonyl (C=O) groups is 3. The number of carbonyl (C=O) groups excluding carboxylic acids is 2. The molecule has 0 aliphatic carbocycles. The maximum atomic E-state index is 12.6. The number of hydrogen-bond donors (Lipinski definition) is 5. The fraction of sp³-hybridized carbons (Fsp3) is 0.524. The second-order valence-corrected chi connectivity index (χ2v) is 7.80. The molecule has 0 aromatic heterocycles. The Labute approximate surface area is 177 Å². The minimum Gasteiger partial charge on any atom is -0.481 e. The molecular formula is C21H33N5O4. The van der Waals surface area contributed by atoms with Gasteiger partial charge in [0.05, 0.1) is 5.41 Å². The fourth-order valence-electron chi connectivity index (χ4n) is 2.64. The van der Waals surface area contributed by atoms with Crippen molar-refractivity contribution in [3.63, 3.8) is 0 Å². The van der Waals surface area contributed by atoms with Gasteiger partial charge in [0.25, 0.3) is 0 Å². The Balaban J connectivity index is 2.63. The smallest absolute Gasteiger partial charge is 0.309 e. The molecule has 0 spiro atoms. The number of rotatable bonds is 13. The summed E-state index contributed by atoms with van der Waals surface area (Å²) in [6, 6.07) is 8.63. The normalized spacial score (nSPS) is 11.9. The number of carboxylic acids is 1. The predicted octanol–water partition coefficient (Wildman–Crippen LogP) is 0.775. The van der Waals surface area contributed by atoms with E-state index >= 15 is 0 Å². The highest BCUT2D eigenvalue weighted by molar-refractivity contribution is 5.88. The first-order chi connectivity index (χ1) is 14.1. The van der Waals surface area contributed by atoms with Gasteiger partial charge in [-0.1, -0.05) is 30.3 Å². The Morgan fingerprint density at radius 2 is 1.80 bits per heavy atom. The first kappa shape index (κ1) is 24.9. The van der Waals surface area contributed by atoms with Crippen molar-refractivity contribution >= 4 is 23.7 Å². The van der Waals surface area contributed by atoms with Crippen molar-refractivity contribution in [3.05, 3.63) is 35.9 Å². The quantitative estimate of drug-likeness (QED) is 0.180. The highest BCUT2D eigenvalue weighted by atomic mass is 16.4. The van der Waals surface area contributed by atoms with Crippen molar-refractivity contribution < 1.29 is 19.5 Å². The number of nitrogens with one attached hydrogen (secondary N) is 2. The molecule has 1 aromatic carbocycles. The third kappa shape index (κ3) is 9.90. The van der Waals surface area contributed by atoms with Gasteiger partial charge in [-0.2, -0.15) is 0 Å². The van der Waals surface area contributed by atoms with E-state index in [4.69, 9.17) is 11.5 Å². The van der Waals surface area contributed by atoms with E-state index < -0.39 is 17.4 Å². The number of aliphatic imine (C=N–C) groups is 1. The average molecular weight is 420 g/mol. The number of hydrogen-bond acceptors (Lipinski definition) is 4. The van der Waals surface area contributed by atoms with Crippen LogP contribution in [0.3, 0.4) is 0 Å². The maximum absolute atomic E-state index is 12.6. The highest BCUT2D eigenvalue weighted by Crippen LogP contribution is 2.22. The zero-order chi connectivity index (χ0) is 22.6. The van der Waals surface area contributed by atoms with Crippen molar-refractivity contribution in [2.45, 2.75) is 52.0 Å². The molecule has 0 bridgehead atoms. The van der Waals surface area contributed by atoms with Gasteiger partial charge in [-0.05, 0) is 38.7 Å². The molecule has 0 saturated carbocycles. The van der Waals surface area contributed by atoms with Gasteiger partial charge >= 0.3 is 5.97 Å². The van der Waals surface area contributed by atoms with Crippen LogP contribution in [0.5, 0.6) is 0 Å². The highest BCUT2D eigenvalue weighted by Gasteiger charge is 2.28. The van der Waals surface area contributed by atoms with Crippen LogP contribution in [0.15, 0.2) is 35.3 Å². The monoisotopic (exact) mass is 419 g/mol. The lowest BCUT2D eigenvalue weighted by Crippen LogP contribution is -2.48. The summed E-state index contributed by atoms with van der Waals surface area (Å²) in [5, 5.41) is 14.8. The van der Waals surface area contributed by atoms with Gasteiger partial charge in [-0.3, -0.25) is 19.4 Å². The second kappa shape index (κ2) is 12.5. The van der Waals surface area contributed by atoms with E-state index in [2.05, 4.69) is 15.6 Å². The van der Waals surface area contributed by atoms with Gasteiger partial charge < -0.3 is 27.2 Å². The number of amides is 2. The molecule has 1 aromatic rings. The van der Waals surface area contributed by atoms with Crippen LogP contribution in [-0.2, 0) is 20.8 Å². The molecule has 2 amide bonds. The molecule has 0 heterocycles. The molecule has 166 valence electrons. The van der Waals surface area contributed by atoms with Gasteiger partial charge in [-0.15, -0.1) is 0 Å². The van der Waals surface area contributed by atoms with Crippen LogP contribution in [-0.4, -0.2) is 48.0 Å². The predicted molar refractivity (Wildman–Crippen MR) is 116 cm³/mol. The van der Waals surface area contributed by atoms with Crippen molar-refractivity contribution in [3.8, 4) is 0 Å². The van der Waals surface area contributed by atoms with Gasteiger partial charge in [0, 0.05) is 25.9 Å². The van der Waals surface area contributed by atoms with Gasteiger partial charge in [0.1, 0.15) is 6.04 Å². The van der Waals surface area contributed by atoms with Crippen molar-refractivity contribution in [2.75, 3.05) is 13.1 Å². The van der Waals surface area contributed by atoms with Crippen LogP contribution >= 0.6 is 0 Å². The molecule has 0 radical (unpaired) electrons. The summed E-state index contributed by atoms with van der Waals surface area (Å²) in [4.78, 5) is 40.1. The number of nitrogens with two attached hydrogens (primary N) is 2. The van der Waals surface area contributed by atoms with Crippen molar-refractivity contribution in [1.82, 2.24) is 10.6 Å². The van der Waals surface area contributed by atoms with E-state index in [0.29, 0.717) is 25.9 Å². The maximum Gasteiger partial charge on any atom is 0.309 e.